The SMILES string of the molecule is C=C(C)/C=C/CCCC.[C-]#[O+].[C-]#[O+].[C-]#[O+].[Fe]. The van der Waals surface area contributed by atoms with E-state index < -0.39 is 0 Å². The molecule has 0 bridgehead atoms. The van der Waals surface area contributed by atoms with E-state index >= 15 is 0 Å². The van der Waals surface area contributed by atoms with Gasteiger partial charge in [-0.05, 0) is 13.3 Å². The van der Waals surface area contributed by atoms with E-state index in [1.165, 1.54) is 19.3 Å². The number of unbranched alkanes of at least 4 members (excludes halogenated alkanes) is 2. The number of hydrogen-bond donors (Lipinski definition) is 0. The van der Waals surface area contributed by atoms with Gasteiger partial charge in [0.25, 0.3) is 0 Å². The van der Waals surface area contributed by atoms with Gasteiger partial charge in [-0.25, -0.2) is 0 Å². The van der Waals surface area contributed by atoms with Crippen molar-refractivity contribution in [2.24, 2.45) is 0 Å². The maximum Gasteiger partial charge on any atom is 0 e. The van der Waals surface area contributed by atoms with Crippen LogP contribution in [0.5, 0.6) is 0 Å². The summed E-state index contributed by atoms with van der Waals surface area (Å²) >= 11 is 0. The fourth-order valence-electron chi connectivity index (χ4n) is 0.606. The van der Waals surface area contributed by atoms with Crippen LogP contribution in [0.4, 0.5) is 0 Å². The summed E-state index contributed by atoms with van der Waals surface area (Å²) in [4.78, 5) is 0. The molecule has 0 N–H and O–H groups in total. The van der Waals surface area contributed by atoms with Crippen molar-refractivity contribution in [1.29, 1.82) is 0 Å². The molecule has 0 rings (SSSR count). The molecule has 0 spiro atoms. The monoisotopic (exact) mass is 264 g/mol. The summed E-state index contributed by atoms with van der Waals surface area (Å²) in [5.41, 5.74) is 1.14. The molecule has 90 valence electrons. The summed E-state index contributed by atoms with van der Waals surface area (Å²) < 4.78 is 22.5. The Balaban J connectivity index is -0.0000000498. The standard InChI is InChI=1S/C9H16.3CO.Fe/c1-4-5-6-7-8-9(2)3;3*1-2;/h7-8H,2,4-6H2,1,3H3;;;;/b8-7+;;;;. The van der Waals surface area contributed by atoms with Crippen LogP contribution in [0.15, 0.2) is 24.3 Å². The maximum absolute atomic E-state index is 7.50. The molecule has 0 aromatic carbocycles. The second kappa shape index (κ2) is 47.7. The van der Waals surface area contributed by atoms with Crippen LogP contribution < -0.4 is 0 Å². The van der Waals surface area contributed by atoms with E-state index in [1.54, 1.807) is 0 Å². The normalized spacial score (nSPS) is 6.25. The minimum Gasteiger partial charge on any atom is 0 e. The Labute approximate surface area is 109 Å². The fourth-order valence-corrected chi connectivity index (χ4v) is 0.606. The molecule has 0 saturated carbocycles. The molecule has 0 radical (unpaired) electrons. The van der Waals surface area contributed by atoms with Crippen LogP contribution in [0.3, 0.4) is 0 Å². The first-order valence-electron chi connectivity index (χ1n) is 4.20. The van der Waals surface area contributed by atoms with Crippen molar-refractivity contribution < 1.29 is 31.0 Å². The minimum absolute atomic E-state index is 0. The Morgan fingerprint density at radius 3 is 1.75 bits per heavy atom. The Morgan fingerprint density at radius 1 is 1.12 bits per heavy atom. The van der Waals surface area contributed by atoms with Crippen LogP contribution in [0.2, 0.25) is 0 Å². The van der Waals surface area contributed by atoms with Gasteiger partial charge in [-0.3, -0.25) is 0 Å². The molecule has 3 nitrogen and oxygen atoms in total. The third kappa shape index (κ3) is 72.5. The fraction of sp³-hybridized carbons (Fsp3) is 0.417. The van der Waals surface area contributed by atoms with Gasteiger partial charge in [-0.15, -0.1) is 0 Å². The van der Waals surface area contributed by atoms with Gasteiger partial charge >= 0.3 is 33.9 Å². The first kappa shape index (κ1) is 29.5. The van der Waals surface area contributed by atoms with Gasteiger partial charge in [-0.1, -0.05) is 44.1 Å². The van der Waals surface area contributed by atoms with Crippen LogP contribution in [-0.2, 0) is 31.0 Å². The molecule has 0 amide bonds. The van der Waals surface area contributed by atoms with Gasteiger partial charge in [0.15, 0.2) is 0 Å². The van der Waals surface area contributed by atoms with E-state index in [9.17, 15) is 0 Å². The molecule has 0 aliphatic carbocycles. The predicted molar refractivity (Wildman–Crippen MR) is 55.3 cm³/mol. The van der Waals surface area contributed by atoms with E-state index in [0.717, 1.165) is 5.57 Å². The number of rotatable bonds is 4. The molecule has 4 heteroatoms. The van der Waals surface area contributed by atoms with Gasteiger partial charge < -0.3 is 0 Å². The van der Waals surface area contributed by atoms with Crippen LogP contribution in [-0.4, -0.2) is 0 Å². The Bertz CT molecular complexity index is 188. The molecular weight excluding hydrogens is 248 g/mol. The Kier molecular flexibility index (Phi) is 87.8. The molecule has 0 aromatic rings. The zero-order valence-electron chi connectivity index (χ0n) is 9.56. The van der Waals surface area contributed by atoms with E-state index in [2.05, 4.69) is 45.6 Å². The molecule has 0 saturated heterocycles. The van der Waals surface area contributed by atoms with Gasteiger partial charge in [0.05, 0.1) is 0 Å². The minimum atomic E-state index is 0. The summed E-state index contributed by atoms with van der Waals surface area (Å²) in [6.07, 6.45) is 8.04. The largest absolute Gasteiger partial charge is 0 e. The Hall–Kier alpha value is -0.781. The smallest absolute Gasteiger partial charge is 0 e. The molecule has 0 unspecified atom stereocenters. The van der Waals surface area contributed by atoms with Crippen molar-refractivity contribution in [1.82, 2.24) is 0 Å². The summed E-state index contributed by atoms with van der Waals surface area (Å²) in [5.74, 6) is 0. The first-order chi connectivity index (χ1) is 7.27. The topological polar surface area (TPSA) is 59.7 Å². The van der Waals surface area contributed by atoms with E-state index in [0.29, 0.717) is 0 Å². The molecule has 0 fully saturated rings. The molecule has 0 aliphatic heterocycles. The second-order valence-electron chi connectivity index (χ2n) is 2.39. The summed E-state index contributed by atoms with van der Waals surface area (Å²) in [5, 5.41) is 0. The average Bonchev–Trinajstić information content (AvgIpc) is 2.32. The van der Waals surface area contributed by atoms with Gasteiger partial charge in [0, 0.05) is 17.1 Å². The summed E-state index contributed by atoms with van der Waals surface area (Å²) in [6, 6.07) is 0. The van der Waals surface area contributed by atoms with Crippen molar-refractivity contribution >= 4 is 0 Å². The molecule has 16 heavy (non-hydrogen) atoms. The van der Waals surface area contributed by atoms with E-state index in [-0.39, 0.29) is 17.1 Å². The molecule has 0 heterocycles. The zero-order valence-corrected chi connectivity index (χ0v) is 10.7. The van der Waals surface area contributed by atoms with Crippen LogP contribution in [0, 0.1) is 20.0 Å². The maximum atomic E-state index is 7.50. The zero-order chi connectivity index (χ0) is 13.1. The van der Waals surface area contributed by atoms with Gasteiger partial charge in [-0.2, -0.15) is 0 Å². The van der Waals surface area contributed by atoms with Crippen molar-refractivity contribution in [3.63, 3.8) is 0 Å². The summed E-state index contributed by atoms with van der Waals surface area (Å²) in [6.45, 7) is 21.5. The summed E-state index contributed by atoms with van der Waals surface area (Å²) in [7, 11) is 0. The molecule has 0 aromatic heterocycles. The van der Waals surface area contributed by atoms with Crippen LogP contribution in [0.25, 0.3) is 0 Å². The third-order valence-electron chi connectivity index (χ3n) is 1.13. The van der Waals surface area contributed by atoms with Crippen molar-refractivity contribution in [2.45, 2.75) is 33.1 Å². The van der Waals surface area contributed by atoms with Crippen LogP contribution in [0.1, 0.15) is 33.1 Å². The van der Waals surface area contributed by atoms with Crippen molar-refractivity contribution in [2.75, 3.05) is 0 Å². The van der Waals surface area contributed by atoms with E-state index in [4.69, 9.17) is 14.0 Å². The predicted octanol–water partition coefficient (Wildman–Crippen LogP) is 3.19. The second-order valence-corrected chi connectivity index (χ2v) is 2.39. The molecule has 0 aliphatic rings. The number of hydrogen-bond acceptors (Lipinski definition) is 0. The van der Waals surface area contributed by atoms with Crippen molar-refractivity contribution in [3.8, 4) is 0 Å². The first-order valence-corrected chi connectivity index (χ1v) is 4.20. The van der Waals surface area contributed by atoms with Crippen molar-refractivity contribution in [3.05, 3.63) is 44.3 Å². The molecular formula is C12H16FeO3. The molecule has 0 atom stereocenters. The number of allylic oxidation sites excluding steroid dienone is 3. The quantitative estimate of drug-likeness (QED) is 0.246. The van der Waals surface area contributed by atoms with Gasteiger partial charge in [0.2, 0.25) is 0 Å². The third-order valence-corrected chi connectivity index (χ3v) is 1.13. The van der Waals surface area contributed by atoms with Crippen LogP contribution >= 0.6 is 0 Å². The van der Waals surface area contributed by atoms with Gasteiger partial charge in [0.1, 0.15) is 0 Å². The Morgan fingerprint density at radius 2 is 1.50 bits per heavy atom. The average molecular weight is 264 g/mol. The van der Waals surface area contributed by atoms with E-state index in [1.807, 2.05) is 6.92 Å².